The van der Waals surface area contributed by atoms with Gasteiger partial charge < -0.3 is 14.6 Å². The van der Waals surface area contributed by atoms with Crippen molar-refractivity contribution in [3.8, 4) is 0 Å². The Kier molecular flexibility index (Phi) is 5.59. The minimum atomic E-state index is -1.39. The van der Waals surface area contributed by atoms with Crippen molar-refractivity contribution in [2.45, 2.75) is 39.5 Å². The van der Waals surface area contributed by atoms with Crippen LogP contribution in [0.2, 0.25) is 0 Å². The molecule has 0 aromatic rings. The molecular weight excluding hydrogens is 236 g/mol. The molecule has 0 aliphatic carbocycles. The highest BCUT2D eigenvalue weighted by Gasteiger charge is 2.53. The van der Waals surface area contributed by atoms with Crippen LogP contribution in [0.15, 0.2) is 0 Å². The summed E-state index contributed by atoms with van der Waals surface area (Å²) in [5, 5.41) is 9.56. The highest BCUT2D eigenvalue weighted by atomic mass is 16.5. The molecule has 5 nitrogen and oxygen atoms in total. The van der Waals surface area contributed by atoms with Gasteiger partial charge in [-0.1, -0.05) is 13.3 Å². The quantitative estimate of drug-likeness (QED) is 0.581. The summed E-state index contributed by atoms with van der Waals surface area (Å²) in [6, 6.07) is 0. The number of carbonyl (C=O) groups excluding carboxylic acids is 1. The Morgan fingerprint density at radius 3 is 2.39 bits per heavy atom. The van der Waals surface area contributed by atoms with Crippen molar-refractivity contribution in [3.63, 3.8) is 0 Å². The van der Waals surface area contributed by atoms with E-state index >= 15 is 0 Å². The van der Waals surface area contributed by atoms with E-state index < -0.39 is 17.4 Å². The first-order valence-electron chi connectivity index (χ1n) is 6.57. The van der Waals surface area contributed by atoms with Crippen LogP contribution in [-0.2, 0) is 19.1 Å². The Morgan fingerprint density at radius 1 is 1.33 bits per heavy atom. The zero-order chi connectivity index (χ0) is 13.6. The maximum atomic E-state index is 12.2. The molecule has 0 radical (unpaired) electrons. The molecule has 18 heavy (non-hydrogen) atoms. The Balaban J connectivity index is 3.02. The van der Waals surface area contributed by atoms with E-state index in [1.54, 1.807) is 6.92 Å². The summed E-state index contributed by atoms with van der Waals surface area (Å²) in [7, 11) is 0. The molecular formula is C13H22O5. The number of hydrogen-bond donors (Lipinski definition) is 1. The van der Waals surface area contributed by atoms with Gasteiger partial charge in [-0.3, -0.25) is 9.59 Å². The third-order valence-electron chi connectivity index (χ3n) is 3.58. The molecule has 1 N–H and O–H groups in total. The number of rotatable bonds is 6. The van der Waals surface area contributed by atoms with Gasteiger partial charge in [0.25, 0.3) is 0 Å². The maximum Gasteiger partial charge on any atom is 0.323 e. The second-order valence-electron chi connectivity index (χ2n) is 4.63. The molecule has 1 aliphatic heterocycles. The Hall–Kier alpha value is -1.10. The van der Waals surface area contributed by atoms with E-state index in [1.165, 1.54) is 0 Å². The third kappa shape index (κ3) is 2.83. The zero-order valence-electron chi connectivity index (χ0n) is 11.1. The fraction of sp³-hybridized carbons (Fsp3) is 0.846. The number of esters is 1. The predicted molar refractivity (Wildman–Crippen MR) is 65.2 cm³/mol. The number of ether oxygens (including phenoxy) is 2. The SMILES string of the molecule is CCCC(C(=O)O)(C(=O)OCC)C1CCOCC1. The summed E-state index contributed by atoms with van der Waals surface area (Å²) in [5.41, 5.74) is -1.39. The van der Waals surface area contributed by atoms with Crippen LogP contribution in [0.4, 0.5) is 0 Å². The van der Waals surface area contributed by atoms with Gasteiger partial charge in [0.2, 0.25) is 0 Å². The zero-order valence-corrected chi connectivity index (χ0v) is 11.1. The molecule has 0 amide bonds. The molecule has 1 saturated heterocycles. The number of hydrogen-bond acceptors (Lipinski definition) is 4. The molecule has 0 aromatic carbocycles. The van der Waals surface area contributed by atoms with E-state index in [2.05, 4.69) is 0 Å². The van der Waals surface area contributed by atoms with Crippen molar-refractivity contribution in [1.29, 1.82) is 0 Å². The van der Waals surface area contributed by atoms with E-state index in [-0.39, 0.29) is 12.5 Å². The fourth-order valence-corrected chi connectivity index (χ4v) is 2.69. The molecule has 1 fully saturated rings. The van der Waals surface area contributed by atoms with Crippen molar-refractivity contribution in [1.82, 2.24) is 0 Å². The minimum absolute atomic E-state index is 0.192. The van der Waals surface area contributed by atoms with Crippen molar-refractivity contribution < 1.29 is 24.2 Å². The van der Waals surface area contributed by atoms with Crippen LogP contribution in [-0.4, -0.2) is 36.9 Å². The standard InChI is InChI=1S/C13H22O5/c1-3-7-13(11(14)15,12(16)18-4-2)10-5-8-17-9-6-10/h10H,3-9H2,1-2H3,(H,14,15). The number of carboxylic acids is 1. The molecule has 0 bridgehead atoms. The van der Waals surface area contributed by atoms with Gasteiger partial charge in [0.15, 0.2) is 5.41 Å². The summed E-state index contributed by atoms with van der Waals surface area (Å²) in [6.07, 6.45) is 2.17. The lowest BCUT2D eigenvalue weighted by atomic mass is 9.69. The Labute approximate surface area is 107 Å². The third-order valence-corrected chi connectivity index (χ3v) is 3.58. The topological polar surface area (TPSA) is 72.8 Å². The largest absolute Gasteiger partial charge is 0.480 e. The Morgan fingerprint density at radius 2 is 1.94 bits per heavy atom. The summed E-state index contributed by atoms with van der Waals surface area (Å²) >= 11 is 0. The summed E-state index contributed by atoms with van der Waals surface area (Å²) in [4.78, 5) is 23.8. The van der Waals surface area contributed by atoms with Crippen LogP contribution in [0.3, 0.4) is 0 Å². The van der Waals surface area contributed by atoms with Crippen molar-refractivity contribution in [3.05, 3.63) is 0 Å². The van der Waals surface area contributed by atoms with E-state index in [0.717, 1.165) is 0 Å². The maximum absolute atomic E-state index is 12.2. The molecule has 104 valence electrons. The smallest absolute Gasteiger partial charge is 0.323 e. The average molecular weight is 258 g/mol. The van der Waals surface area contributed by atoms with Crippen LogP contribution >= 0.6 is 0 Å². The van der Waals surface area contributed by atoms with Gasteiger partial charge in [-0.15, -0.1) is 0 Å². The number of carboxylic acid groups (broad SMARTS) is 1. The monoisotopic (exact) mass is 258 g/mol. The van der Waals surface area contributed by atoms with Gasteiger partial charge in [0.05, 0.1) is 6.61 Å². The lowest BCUT2D eigenvalue weighted by Gasteiger charge is -2.36. The molecule has 1 unspecified atom stereocenters. The second kappa shape index (κ2) is 6.73. The normalized spacial score (nSPS) is 20.1. The Bertz CT molecular complexity index is 296. The van der Waals surface area contributed by atoms with Gasteiger partial charge in [-0.25, -0.2) is 0 Å². The highest BCUT2D eigenvalue weighted by Crippen LogP contribution is 2.40. The van der Waals surface area contributed by atoms with Crippen molar-refractivity contribution >= 4 is 11.9 Å². The van der Waals surface area contributed by atoms with Crippen LogP contribution in [0.1, 0.15) is 39.5 Å². The number of aliphatic carboxylic acids is 1. The molecule has 1 heterocycles. The lowest BCUT2D eigenvalue weighted by molar-refractivity contribution is -0.177. The molecule has 5 heteroatoms. The van der Waals surface area contributed by atoms with Crippen LogP contribution in [0.25, 0.3) is 0 Å². The predicted octanol–water partition coefficient (Wildman–Crippen LogP) is 1.85. The van der Waals surface area contributed by atoms with E-state index in [1.807, 2.05) is 6.92 Å². The first kappa shape index (κ1) is 15.0. The second-order valence-corrected chi connectivity index (χ2v) is 4.63. The lowest BCUT2D eigenvalue weighted by Crippen LogP contribution is -2.48. The first-order valence-corrected chi connectivity index (χ1v) is 6.57. The fourth-order valence-electron chi connectivity index (χ4n) is 2.69. The summed E-state index contributed by atoms with van der Waals surface area (Å²) in [6.45, 7) is 4.82. The van der Waals surface area contributed by atoms with Crippen LogP contribution in [0.5, 0.6) is 0 Å². The summed E-state index contributed by atoms with van der Waals surface area (Å²) < 4.78 is 10.3. The van der Waals surface area contributed by atoms with Crippen molar-refractivity contribution in [2.24, 2.45) is 11.3 Å². The molecule has 1 rings (SSSR count). The molecule has 1 atom stereocenters. The molecule has 0 saturated carbocycles. The minimum Gasteiger partial charge on any atom is -0.480 e. The van der Waals surface area contributed by atoms with Crippen LogP contribution < -0.4 is 0 Å². The van der Waals surface area contributed by atoms with E-state index in [9.17, 15) is 14.7 Å². The van der Waals surface area contributed by atoms with Gasteiger partial charge in [0.1, 0.15) is 0 Å². The highest BCUT2D eigenvalue weighted by molar-refractivity contribution is 5.99. The van der Waals surface area contributed by atoms with Crippen LogP contribution in [0, 0.1) is 11.3 Å². The average Bonchev–Trinajstić information content (AvgIpc) is 2.36. The first-order chi connectivity index (χ1) is 8.59. The van der Waals surface area contributed by atoms with E-state index in [0.29, 0.717) is 38.9 Å². The van der Waals surface area contributed by atoms with Gasteiger partial charge in [-0.2, -0.15) is 0 Å². The molecule has 0 spiro atoms. The summed E-state index contributed by atoms with van der Waals surface area (Å²) in [5.74, 6) is -1.84. The van der Waals surface area contributed by atoms with E-state index in [4.69, 9.17) is 9.47 Å². The molecule has 0 aromatic heterocycles. The van der Waals surface area contributed by atoms with Crippen molar-refractivity contribution in [2.75, 3.05) is 19.8 Å². The van der Waals surface area contributed by atoms with Gasteiger partial charge in [-0.05, 0) is 32.1 Å². The van der Waals surface area contributed by atoms with Gasteiger partial charge in [0, 0.05) is 13.2 Å². The van der Waals surface area contributed by atoms with Gasteiger partial charge >= 0.3 is 11.9 Å². The number of carbonyl (C=O) groups is 2. The molecule has 1 aliphatic rings.